The molecular weight excluding hydrogens is 310 g/mol. The number of cyclic esters (lactones) is 1. The molecule has 0 aliphatic carbocycles. The van der Waals surface area contributed by atoms with Crippen molar-refractivity contribution in [3.05, 3.63) is 24.3 Å². The van der Waals surface area contributed by atoms with Crippen molar-refractivity contribution in [2.75, 3.05) is 42.6 Å². The fraction of sp³-hybridized carbons (Fsp3) is 0.529. The van der Waals surface area contributed by atoms with Crippen LogP contribution in [0.5, 0.6) is 0 Å². The molecule has 0 radical (unpaired) electrons. The van der Waals surface area contributed by atoms with E-state index in [0.29, 0.717) is 26.0 Å². The van der Waals surface area contributed by atoms with E-state index >= 15 is 0 Å². The third-order valence-corrected chi connectivity index (χ3v) is 4.27. The van der Waals surface area contributed by atoms with Gasteiger partial charge in [-0.15, -0.1) is 0 Å². The molecule has 1 aromatic rings. The van der Waals surface area contributed by atoms with Gasteiger partial charge < -0.3 is 14.4 Å². The van der Waals surface area contributed by atoms with Gasteiger partial charge in [0.1, 0.15) is 11.9 Å². The summed E-state index contributed by atoms with van der Waals surface area (Å²) in [6.07, 6.45) is 0.463. The van der Waals surface area contributed by atoms with E-state index in [-0.39, 0.29) is 18.0 Å². The van der Waals surface area contributed by atoms with Crippen molar-refractivity contribution in [2.45, 2.75) is 25.9 Å². The maximum absolute atomic E-state index is 12.0. The second kappa shape index (κ2) is 7.63. The Morgan fingerprint density at radius 2 is 2.00 bits per heavy atom. The van der Waals surface area contributed by atoms with Crippen LogP contribution < -0.4 is 15.3 Å². The van der Waals surface area contributed by atoms with E-state index in [1.165, 1.54) is 0 Å². The minimum Gasteiger partial charge on any atom is -0.444 e. The fourth-order valence-corrected chi connectivity index (χ4v) is 2.94. The standard InChI is InChI=1S/C17H23N3O4/c1-13(21)2-7-16-12-20(17(22)24-16)15-5-3-14(4-6-15)19-9-8-18-23-11-10-19/h3-6,16,18H,2,7-12H2,1H3/t16-/m0/s1. The number of hydrogen-bond acceptors (Lipinski definition) is 6. The van der Waals surface area contributed by atoms with Crippen molar-refractivity contribution in [1.29, 1.82) is 0 Å². The van der Waals surface area contributed by atoms with E-state index in [4.69, 9.17) is 9.57 Å². The number of rotatable bonds is 5. The molecule has 7 nitrogen and oxygen atoms in total. The van der Waals surface area contributed by atoms with E-state index in [9.17, 15) is 9.59 Å². The minimum absolute atomic E-state index is 0.116. The van der Waals surface area contributed by atoms with Gasteiger partial charge in [-0.3, -0.25) is 9.74 Å². The normalized spacial score (nSPS) is 21.5. The summed E-state index contributed by atoms with van der Waals surface area (Å²) in [5.74, 6) is 0.116. The first-order valence-electron chi connectivity index (χ1n) is 8.31. The Morgan fingerprint density at radius 1 is 1.25 bits per heavy atom. The summed E-state index contributed by atoms with van der Waals surface area (Å²) in [4.78, 5) is 32.2. The van der Waals surface area contributed by atoms with Gasteiger partial charge in [-0.1, -0.05) is 0 Å². The Morgan fingerprint density at radius 3 is 2.75 bits per heavy atom. The van der Waals surface area contributed by atoms with Crippen molar-refractivity contribution in [1.82, 2.24) is 5.48 Å². The summed E-state index contributed by atoms with van der Waals surface area (Å²) >= 11 is 0. The van der Waals surface area contributed by atoms with Crippen molar-refractivity contribution in [2.24, 2.45) is 0 Å². The van der Waals surface area contributed by atoms with Gasteiger partial charge in [-0.2, -0.15) is 0 Å². The van der Waals surface area contributed by atoms with Crippen molar-refractivity contribution in [3.63, 3.8) is 0 Å². The number of Topliss-reactive ketones (excluding diaryl/α,β-unsaturated/α-hetero) is 1. The highest BCUT2D eigenvalue weighted by Gasteiger charge is 2.32. The molecule has 1 N–H and O–H groups in total. The Hall–Kier alpha value is -2.12. The van der Waals surface area contributed by atoms with Crippen molar-refractivity contribution < 1.29 is 19.2 Å². The molecule has 0 spiro atoms. The number of amides is 1. The highest BCUT2D eigenvalue weighted by atomic mass is 16.6. The number of nitrogens with one attached hydrogen (secondary N) is 1. The monoisotopic (exact) mass is 333 g/mol. The van der Waals surface area contributed by atoms with Crippen molar-refractivity contribution in [3.8, 4) is 0 Å². The molecule has 0 bridgehead atoms. The number of nitrogens with zero attached hydrogens (tertiary/aromatic N) is 2. The number of carbonyl (C=O) groups is 2. The van der Waals surface area contributed by atoms with E-state index in [1.807, 2.05) is 24.3 Å². The number of ketones is 1. The molecule has 0 unspecified atom stereocenters. The van der Waals surface area contributed by atoms with Crippen LogP contribution in [-0.2, 0) is 14.4 Å². The second-order valence-electron chi connectivity index (χ2n) is 6.10. The molecule has 0 aromatic heterocycles. The van der Waals surface area contributed by atoms with E-state index < -0.39 is 0 Å². The largest absolute Gasteiger partial charge is 0.444 e. The Balaban J connectivity index is 1.62. The van der Waals surface area contributed by atoms with Gasteiger partial charge >= 0.3 is 6.09 Å². The first kappa shape index (κ1) is 16.7. The van der Waals surface area contributed by atoms with Crippen LogP contribution in [0.15, 0.2) is 24.3 Å². The molecule has 2 heterocycles. The van der Waals surface area contributed by atoms with Crippen LogP contribution in [0.25, 0.3) is 0 Å². The minimum atomic E-state index is -0.344. The highest BCUT2D eigenvalue weighted by Crippen LogP contribution is 2.26. The van der Waals surface area contributed by atoms with E-state index in [1.54, 1.807) is 11.8 Å². The van der Waals surface area contributed by atoms with Gasteiger partial charge in [-0.05, 0) is 37.6 Å². The first-order valence-corrected chi connectivity index (χ1v) is 8.31. The number of carbonyl (C=O) groups excluding carboxylic acids is 2. The molecule has 1 amide bonds. The number of hydrogen-bond donors (Lipinski definition) is 1. The third kappa shape index (κ3) is 4.04. The lowest BCUT2D eigenvalue weighted by atomic mass is 10.1. The summed E-state index contributed by atoms with van der Waals surface area (Å²) < 4.78 is 5.34. The quantitative estimate of drug-likeness (QED) is 0.885. The lowest BCUT2D eigenvalue weighted by Crippen LogP contribution is -2.28. The zero-order chi connectivity index (χ0) is 16.9. The van der Waals surface area contributed by atoms with E-state index in [2.05, 4.69) is 10.4 Å². The molecule has 1 atom stereocenters. The summed E-state index contributed by atoms with van der Waals surface area (Å²) in [5, 5.41) is 0. The summed E-state index contributed by atoms with van der Waals surface area (Å²) in [6, 6.07) is 7.89. The van der Waals surface area contributed by atoms with Gasteiger partial charge in [0.2, 0.25) is 0 Å². The third-order valence-electron chi connectivity index (χ3n) is 4.27. The second-order valence-corrected chi connectivity index (χ2v) is 6.10. The SMILES string of the molecule is CC(=O)CC[C@H]1CN(c2ccc(N3CCNOCC3)cc2)C(=O)O1. The molecule has 3 rings (SSSR count). The van der Waals surface area contributed by atoms with Gasteiger partial charge in [0.05, 0.1) is 13.2 Å². The Labute approximate surface area is 141 Å². The zero-order valence-corrected chi connectivity index (χ0v) is 13.9. The Bertz CT molecular complexity index is 582. The van der Waals surface area contributed by atoms with Crippen LogP contribution in [0.1, 0.15) is 19.8 Å². The molecule has 2 fully saturated rings. The first-order chi connectivity index (χ1) is 11.6. The fourth-order valence-electron chi connectivity index (χ4n) is 2.94. The maximum Gasteiger partial charge on any atom is 0.414 e. The molecule has 1 aromatic carbocycles. The molecule has 2 saturated heterocycles. The van der Waals surface area contributed by atoms with Crippen LogP contribution in [0, 0.1) is 0 Å². The van der Waals surface area contributed by atoms with Gasteiger partial charge in [0, 0.05) is 37.4 Å². The predicted octanol–water partition coefficient (Wildman–Crippen LogP) is 1.72. The Kier molecular flexibility index (Phi) is 5.32. The van der Waals surface area contributed by atoms with Crippen LogP contribution in [0.4, 0.5) is 16.2 Å². The smallest absolute Gasteiger partial charge is 0.414 e. The summed E-state index contributed by atoms with van der Waals surface area (Å²) in [6.45, 7) is 5.16. The molecule has 7 heteroatoms. The van der Waals surface area contributed by atoms with Crippen LogP contribution in [-0.4, -0.2) is 50.8 Å². The zero-order valence-electron chi connectivity index (χ0n) is 13.9. The molecular formula is C17H23N3O4. The maximum atomic E-state index is 12.0. The van der Waals surface area contributed by atoms with Gasteiger partial charge in [-0.25, -0.2) is 10.3 Å². The van der Waals surface area contributed by atoms with E-state index in [0.717, 1.165) is 31.0 Å². The lowest BCUT2D eigenvalue weighted by molar-refractivity contribution is -0.117. The number of ether oxygens (including phenoxy) is 1. The topological polar surface area (TPSA) is 71.1 Å². The molecule has 0 saturated carbocycles. The van der Waals surface area contributed by atoms with Gasteiger partial charge in [0.25, 0.3) is 0 Å². The molecule has 2 aliphatic rings. The van der Waals surface area contributed by atoms with Crippen LogP contribution >= 0.6 is 0 Å². The highest BCUT2D eigenvalue weighted by molar-refractivity contribution is 5.90. The predicted molar refractivity (Wildman–Crippen MR) is 90.1 cm³/mol. The van der Waals surface area contributed by atoms with Gasteiger partial charge in [0.15, 0.2) is 0 Å². The number of benzene rings is 1. The molecule has 24 heavy (non-hydrogen) atoms. The average Bonchev–Trinajstić information content (AvgIpc) is 2.77. The van der Waals surface area contributed by atoms with Crippen LogP contribution in [0.2, 0.25) is 0 Å². The van der Waals surface area contributed by atoms with Crippen LogP contribution in [0.3, 0.4) is 0 Å². The average molecular weight is 333 g/mol. The van der Waals surface area contributed by atoms with Crippen molar-refractivity contribution >= 4 is 23.3 Å². The molecule has 130 valence electrons. The number of hydroxylamine groups is 1. The summed E-state index contributed by atoms with van der Waals surface area (Å²) in [7, 11) is 0. The summed E-state index contributed by atoms with van der Waals surface area (Å²) in [5.41, 5.74) is 4.82. The molecule has 2 aliphatic heterocycles. The lowest BCUT2D eigenvalue weighted by Gasteiger charge is -2.22. The number of anilines is 2.